The van der Waals surface area contributed by atoms with Gasteiger partial charge < -0.3 is 20.4 Å². The molecule has 2 aromatic carbocycles. The zero-order chi connectivity index (χ0) is 27.7. The second kappa shape index (κ2) is 13.9. The molecule has 0 spiro atoms. The van der Waals surface area contributed by atoms with E-state index in [4.69, 9.17) is 0 Å². The van der Waals surface area contributed by atoms with E-state index in [0.29, 0.717) is 24.4 Å². The molecule has 1 atom stereocenters. The van der Waals surface area contributed by atoms with Crippen molar-refractivity contribution in [2.45, 2.75) is 26.3 Å². The maximum atomic E-state index is 13.4. The second-order valence-electron chi connectivity index (χ2n) is 9.33. The Hall–Kier alpha value is -3.49. The van der Waals surface area contributed by atoms with Crippen LogP contribution < -0.4 is 10.6 Å². The number of carbonyl (C=O) groups is 3. The Morgan fingerprint density at radius 3 is 2.32 bits per heavy atom. The number of likely N-dealkylation sites (N-methyl/N-ethyl adjacent to an activating group) is 1. The number of allylic oxidation sites excluding steroid dienone is 4. The number of rotatable bonds is 9. The quantitative estimate of drug-likeness (QED) is 0.432. The maximum Gasteiger partial charge on any atom is 0.251 e. The van der Waals surface area contributed by atoms with E-state index >= 15 is 0 Å². The average molecular weight is 580 g/mol. The fraction of sp³-hybridized carbons (Fsp3) is 0.300. The van der Waals surface area contributed by atoms with E-state index in [1.54, 1.807) is 29.2 Å². The van der Waals surface area contributed by atoms with Crippen LogP contribution in [0.15, 0.2) is 83.5 Å². The number of benzene rings is 2. The van der Waals surface area contributed by atoms with Crippen molar-refractivity contribution in [3.63, 3.8) is 0 Å². The van der Waals surface area contributed by atoms with Crippen molar-refractivity contribution in [1.29, 1.82) is 0 Å². The van der Waals surface area contributed by atoms with Crippen molar-refractivity contribution < 1.29 is 14.4 Å². The highest BCUT2D eigenvalue weighted by Crippen LogP contribution is 2.23. The molecule has 1 aliphatic rings. The van der Waals surface area contributed by atoms with Gasteiger partial charge in [0, 0.05) is 41.9 Å². The van der Waals surface area contributed by atoms with Crippen molar-refractivity contribution in [2.24, 2.45) is 0 Å². The number of nitrogens with zero attached hydrogens (tertiary/aromatic N) is 2. The molecule has 3 rings (SSSR count). The van der Waals surface area contributed by atoms with Crippen molar-refractivity contribution in [2.75, 3.05) is 33.2 Å². The molecule has 1 unspecified atom stereocenters. The number of carbonyl (C=O) groups excluding carboxylic acids is 3. The molecule has 7 nitrogen and oxygen atoms in total. The molecule has 8 heteroatoms. The number of hydrogen-bond donors (Lipinski definition) is 2. The summed E-state index contributed by atoms with van der Waals surface area (Å²) in [7, 11) is 2.00. The average Bonchev–Trinajstić information content (AvgIpc) is 2.91. The van der Waals surface area contributed by atoms with E-state index in [1.807, 2.05) is 63.4 Å². The van der Waals surface area contributed by atoms with Gasteiger partial charge in [-0.3, -0.25) is 14.4 Å². The van der Waals surface area contributed by atoms with Crippen molar-refractivity contribution in [3.8, 4) is 11.1 Å². The third kappa shape index (κ3) is 8.26. The number of halogens is 1. The van der Waals surface area contributed by atoms with Gasteiger partial charge in [0.2, 0.25) is 11.8 Å². The Morgan fingerprint density at radius 2 is 1.68 bits per heavy atom. The summed E-state index contributed by atoms with van der Waals surface area (Å²) in [6.07, 6.45) is 5.08. The molecule has 0 radical (unpaired) electrons. The van der Waals surface area contributed by atoms with Crippen molar-refractivity contribution in [3.05, 3.63) is 94.6 Å². The lowest BCUT2D eigenvalue weighted by molar-refractivity contribution is -0.137. The highest BCUT2D eigenvalue weighted by Gasteiger charge is 2.30. The first-order valence-corrected chi connectivity index (χ1v) is 13.4. The van der Waals surface area contributed by atoms with Crippen molar-refractivity contribution in [1.82, 2.24) is 20.4 Å². The van der Waals surface area contributed by atoms with Crippen LogP contribution in [0.4, 0.5) is 0 Å². The zero-order valence-corrected chi connectivity index (χ0v) is 23.8. The van der Waals surface area contributed by atoms with Crippen LogP contribution in [-0.4, -0.2) is 66.8 Å². The van der Waals surface area contributed by atoms with Crippen LogP contribution in [0.3, 0.4) is 0 Å². The van der Waals surface area contributed by atoms with Crippen LogP contribution in [0.5, 0.6) is 0 Å². The van der Waals surface area contributed by atoms with Gasteiger partial charge in [0.1, 0.15) is 6.04 Å². The van der Waals surface area contributed by atoms with Gasteiger partial charge >= 0.3 is 0 Å². The van der Waals surface area contributed by atoms with Gasteiger partial charge in [-0.1, -0.05) is 65.0 Å². The normalized spacial score (nSPS) is 15.3. The van der Waals surface area contributed by atoms with E-state index in [0.717, 1.165) is 34.3 Å². The number of amides is 3. The first-order valence-electron chi connectivity index (χ1n) is 12.6. The summed E-state index contributed by atoms with van der Waals surface area (Å²) in [4.78, 5) is 43.2. The van der Waals surface area contributed by atoms with Crippen molar-refractivity contribution >= 4 is 33.7 Å². The number of nitrogens with one attached hydrogen (secondary N) is 2. The molecule has 3 amide bonds. The third-order valence-electron chi connectivity index (χ3n) is 6.43. The van der Waals surface area contributed by atoms with E-state index in [2.05, 4.69) is 38.0 Å². The third-order valence-corrected chi connectivity index (χ3v) is 7.15. The van der Waals surface area contributed by atoms with Gasteiger partial charge in [0.25, 0.3) is 5.91 Å². The summed E-state index contributed by atoms with van der Waals surface area (Å²) in [5.74, 6) is -1.08. The lowest BCUT2D eigenvalue weighted by atomic mass is 9.99. The molecule has 1 fully saturated rings. The molecule has 0 bridgehead atoms. The molecule has 1 heterocycles. The lowest BCUT2D eigenvalue weighted by Crippen LogP contribution is -2.55. The smallest absolute Gasteiger partial charge is 0.251 e. The maximum absolute atomic E-state index is 13.4. The van der Waals surface area contributed by atoms with Gasteiger partial charge in [0.15, 0.2) is 0 Å². The Kier molecular flexibility index (Phi) is 10.6. The van der Waals surface area contributed by atoms with E-state index < -0.39 is 17.9 Å². The molecule has 2 N–H and O–H groups in total. The minimum atomic E-state index is -0.999. The lowest BCUT2D eigenvalue weighted by Gasteiger charge is -2.34. The van der Waals surface area contributed by atoms with Gasteiger partial charge in [0.05, 0.1) is 6.42 Å². The Balaban J connectivity index is 1.73. The van der Waals surface area contributed by atoms with Crippen LogP contribution >= 0.6 is 15.9 Å². The van der Waals surface area contributed by atoms with E-state index in [1.165, 1.54) is 0 Å². The van der Waals surface area contributed by atoms with Gasteiger partial charge in [-0.05, 0) is 61.9 Å². The zero-order valence-electron chi connectivity index (χ0n) is 22.2. The predicted molar refractivity (Wildman–Crippen MR) is 156 cm³/mol. The number of piperazine rings is 1. The first kappa shape index (κ1) is 29.1. The summed E-state index contributed by atoms with van der Waals surface area (Å²) in [5.41, 5.74) is 4.04. The van der Waals surface area contributed by atoms with E-state index in [-0.39, 0.29) is 12.3 Å². The van der Waals surface area contributed by atoms with Crippen LogP contribution in [0, 0.1) is 6.92 Å². The minimum absolute atomic E-state index is 0.199. The van der Waals surface area contributed by atoms with Gasteiger partial charge in [-0.15, -0.1) is 0 Å². The van der Waals surface area contributed by atoms with Crippen LogP contribution in [0.2, 0.25) is 0 Å². The largest absolute Gasteiger partial charge is 0.340 e. The molecule has 38 heavy (non-hydrogen) atoms. The molecule has 1 aliphatic heterocycles. The van der Waals surface area contributed by atoms with E-state index in [9.17, 15) is 14.4 Å². The number of aryl methyl sites for hydroxylation is 1. The summed E-state index contributed by atoms with van der Waals surface area (Å²) in [5, 5.41) is 5.51. The molecule has 2 aromatic rings. The van der Waals surface area contributed by atoms with Crippen LogP contribution in [-0.2, 0) is 9.59 Å². The molecule has 0 aromatic heterocycles. The monoisotopic (exact) mass is 578 g/mol. The van der Waals surface area contributed by atoms with Gasteiger partial charge in [-0.25, -0.2) is 0 Å². The second-order valence-corrected chi connectivity index (χ2v) is 10.2. The molecular weight excluding hydrogens is 544 g/mol. The highest BCUT2D eigenvalue weighted by molar-refractivity contribution is 9.11. The Labute approximate surface area is 233 Å². The predicted octanol–water partition coefficient (Wildman–Crippen LogP) is 4.41. The molecule has 0 saturated carbocycles. The Morgan fingerprint density at radius 1 is 1.03 bits per heavy atom. The van der Waals surface area contributed by atoms with Crippen LogP contribution in [0.1, 0.15) is 29.3 Å². The Bertz CT molecular complexity index is 1230. The van der Waals surface area contributed by atoms with Gasteiger partial charge in [-0.2, -0.15) is 0 Å². The topological polar surface area (TPSA) is 81.8 Å². The fourth-order valence-electron chi connectivity index (χ4n) is 4.12. The van der Waals surface area contributed by atoms with Crippen LogP contribution in [0.25, 0.3) is 11.1 Å². The molecular formula is C30H35BrN4O3. The standard InChI is InChI=1S/C30H35BrN4O3/c1-5-25(31)15-10-22(3)32-28(36)20-27(30(38)35-18-16-34(4)17-19-35)33-29(37)24-13-11-23(12-14-24)26-9-7-6-8-21(26)2/h5-15,27H,3,16-20H2,1-2,4H3,(H,32,36)(H,33,37)/b15-10-,25-5+. The summed E-state index contributed by atoms with van der Waals surface area (Å²) in [6, 6.07) is 14.3. The number of hydrogen-bond acceptors (Lipinski definition) is 4. The minimum Gasteiger partial charge on any atom is -0.340 e. The summed E-state index contributed by atoms with van der Waals surface area (Å²) >= 11 is 3.37. The molecule has 1 saturated heterocycles. The molecule has 0 aliphatic carbocycles. The SMILES string of the molecule is C=C(/C=C\C(Br)=C/C)NC(=O)CC(NC(=O)c1ccc(-c2ccccc2C)cc1)C(=O)N1CCN(C)CC1. The highest BCUT2D eigenvalue weighted by atomic mass is 79.9. The summed E-state index contributed by atoms with van der Waals surface area (Å²) in [6.45, 7) is 10.3. The first-order chi connectivity index (χ1) is 18.2. The summed E-state index contributed by atoms with van der Waals surface area (Å²) < 4.78 is 0.844. The fourth-order valence-corrected chi connectivity index (χ4v) is 4.25. The molecule has 200 valence electrons.